The third-order valence-corrected chi connectivity index (χ3v) is 4.68. The molecule has 110 valence electrons. The highest BCUT2D eigenvalue weighted by Crippen LogP contribution is 2.29. The topological polar surface area (TPSA) is 53.4 Å². The molecule has 0 radical (unpaired) electrons. The molecule has 0 aliphatic carbocycles. The summed E-state index contributed by atoms with van der Waals surface area (Å²) in [6.45, 7) is 1.34. The molecule has 1 aliphatic rings. The van der Waals surface area contributed by atoms with Gasteiger partial charge in [0.25, 0.3) is 0 Å². The number of carbonyl (C=O) groups is 1. The number of benzene rings is 1. The molecule has 1 aromatic carbocycles. The molecular formula is C15H15FN2O2S. The predicted molar refractivity (Wildman–Crippen MR) is 78.6 cm³/mol. The van der Waals surface area contributed by atoms with Gasteiger partial charge in [0.2, 0.25) is 0 Å². The van der Waals surface area contributed by atoms with Gasteiger partial charge in [0.05, 0.1) is 0 Å². The first-order valence-corrected chi connectivity index (χ1v) is 7.63. The molecule has 0 spiro atoms. The zero-order chi connectivity index (χ0) is 14.8. The van der Waals surface area contributed by atoms with Crippen molar-refractivity contribution < 1.29 is 14.3 Å². The van der Waals surface area contributed by atoms with Crippen LogP contribution < -0.4 is 0 Å². The molecule has 1 atom stereocenters. The minimum Gasteiger partial charge on any atom is -0.480 e. The molecule has 1 aliphatic heterocycles. The average molecular weight is 306 g/mol. The molecule has 2 heterocycles. The van der Waals surface area contributed by atoms with Gasteiger partial charge in [-0.3, -0.25) is 9.69 Å². The van der Waals surface area contributed by atoms with Crippen molar-refractivity contribution in [2.75, 3.05) is 6.54 Å². The summed E-state index contributed by atoms with van der Waals surface area (Å²) in [7, 11) is 0. The van der Waals surface area contributed by atoms with Gasteiger partial charge >= 0.3 is 5.97 Å². The van der Waals surface area contributed by atoms with Crippen LogP contribution in [0.25, 0.3) is 10.6 Å². The van der Waals surface area contributed by atoms with Crippen molar-refractivity contribution in [2.24, 2.45) is 0 Å². The average Bonchev–Trinajstić information content (AvgIpc) is 3.09. The molecule has 0 saturated carbocycles. The molecule has 1 saturated heterocycles. The van der Waals surface area contributed by atoms with E-state index in [9.17, 15) is 14.3 Å². The zero-order valence-electron chi connectivity index (χ0n) is 11.3. The lowest BCUT2D eigenvalue weighted by Gasteiger charge is -2.19. The van der Waals surface area contributed by atoms with E-state index in [-0.39, 0.29) is 5.82 Å². The maximum atomic E-state index is 13.7. The standard InChI is InChI=1S/C15H15FN2O2S/c16-12-5-2-1-4-11(12)14-17-8-10(21-14)9-18-7-3-6-13(18)15(19)20/h1-2,4-5,8,13H,3,6-7,9H2,(H,19,20)/t13-/m0/s1. The molecule has 3 rings (SSSR count). The van der Waals surface area contributed by atoms with Crippen LogP contribution in [0.5, 0.6) is 0 Å². The molecule has 21 heavy (non-hydrogen) atoms. The largest absolute Gasteiger partial charge is 0.480 e. The van der Waals surface area contributed by atoms with Gasteiger partial charge in [-0.15, -0.1) is 11.3 Å². The summed E-state index contributed by atoms with van der Waals surface area (Å²) in [4.78, 5) is 18.3. The van der Waals surface area contributed by atoms with Gasteiger partial charge in [-0.2, -0.15) is 0 Å². The molecule has 0 unspecified atom stereocenters. The smallest absolute Gasteiger partial charge is 0.320 e. The highest BCUT2D eigenvalue weighted by molar-refractivity contribution is 7.15. The third kappa shape index (κ3) is 2.96. The van der Waals surface area contributed by atoms with Crippen LogP contribution in [0.3, 0.4) is 0 Å². The van der Waals surface area contributed by atoms with Gasteiger partial charge in [0.1, 0.15) is 16.9 Å². The third-order valence-electron chi connectivity index (χ3n) is 3.67. The fourth-order valence-corrected chi connectivity index (χ4v) is 3.60. The Bertz CT molecular complexity index is 659. The number of nitrogens with zero attached hydrogens (tertiary/aromatic N) is 2. The molecular weight excluding hydrogens is 291 g/mol. The number of carboxylic acid groups (broad SMARTS) is 1. The Kier molecular flexibility index (Phi) is 3.98. The monoisotopic (exact) mass is 306 g/mol. The van der Waals surface area contributed by atoms with Crippen LogP contribution in [-0.2, 0) is 11.3 Å². The summed E-state index contributed by atoms with van der Waals surface area (Å²) in [5.41, 5.74) is 0.491. The summed E-state index contributed by atoms with van der Waals surface area (Å²) in [5, 5.41) is 9.81. The molecule has 0 bridgehead atoms. The Morgan fingerprint density at radius 1 is 1.48 bits per heavy atom. The number of rotatable bonds is 4. The minimum atomic E-state index is -0.772. The van der Waals surface area contributed by atoms with E-state index in [2.05, 4.69) is 4.98 Å². The Labute approximate surface area is 125 Å². The molecule has 2 aromatic rings. The lowest BCUT2D eigenvalue weighted by atomic mass is 10.2. The van der Waals surface area contributed by atoms with Crippen molar-refractivity contribution in [3.05, 3.63) is 41.2 Å². The van der Waals surface area contributed by atoms with Crippen molar-refractivity contribution in [3.8, 4) is 10.6 Å². The number of aliphatic carboxylic acids is 1. The van der Waals surface area contributed by atoms with Crippen LogP contribution in [0.2, 0.25) is 0 Å². The fourth-order valence-electron chi connectivity index (χ4n) is 2.63. The number of likely N-dealkylation sites (tertiary alicyclic amines) is 1. The lowest BCUT2D eigenvalue weighted by Crippen LogP contribution is -2.35. The van der Waals surface area contributed by atoms with Gasteiger partial charge in [-0.25, -0.2) is 9.37 Å². The van der Waals surface area contributed by atoms with E-state index in [1.807, 2.05) is 4.90 Å². The first kappa shape index (κ1) is 14.2. The fraction of sp³-hybridized carbons (Fsp3) is 0.333. The van der Waals surface area contributed by atoms with Crippen LogP contribution in [-0.4, -0.2) is 33.5 Å². The number of hydrogen-bond acceptors (Lipinski definition) is 4. The van der Waals surface area contributed by atoms with Gasteiger partial charge in [-0.1, -0.05) is 12.1 Å². The van der Waals surface area contributed by atoms with Gasteiger partial charge < -0.3 is 5.11 Å². The molecule has 1 N–H and O–H groups in total. The lowest BCUT2D eigenvalue weighted by molar-refractivity contribution is -0.142. The summed E-state index contributed by atoms with van der Waals surface area (Å²) >= 11 is 1.42. The summed E-state index contributed by atoms with van der Waals surface area (Å²) in [5.74, 6) is -1.06. The number of carboxylic acids is 1. The van der Waals surface area contributed by atoms with E-state index in [0.717, 1.165) is 17.8 Å². The van der Waals surface area contributed by atoms with E-state index in [0.29, 0.717) is 23.5 Å². The normalized spacial score (nSPS) is 19.0. The van der Waals surface area contributed by atoms with E-state index in [4.69, 9.17) is 0 Å². The van der Waals surface area contributed by atoms with E-state index >= 15 is 0 Å². The van der Waals surface area contributed by atoms with Crippen molar-refractivity contribution in [1.82, 2.24) is 9.88 Å². The van der Waals surface area contributed by atoms with Crippen LogP contribution in [0, 0.1) is 5.82 Å². The van der Waals surface area contributed by atoms with Crippen LogP contribution in [0.15, 0.2) is 30.5 Å². The molecule has 1 fully saturated rings. The molecule has 6 heteroatoms. The van der Waals surface area contributed by atoms with Crippen molar-refractivity contribution in [3.63, 3.8) is 0 Å². The minimum absolute atomic E-state index is 0.289. The van der Waals surface area contributed by atoms with Gasteiger partial charge in [0, 0.05) is 23.2 Å². The Hall–Kier alpha value is -1.79. The quantitative estimate of drug-likeness (QED) is 0.943. The Morgan fingerprint density at radius 3 is 3.05 bits per heavy atom. The number of aromatic nitrogens is 1. The number of hydrogen-bond donors (Lipinski definition) is 1. The van der Waals surface area contributed by atoms with Gasteiger partial charge in [0.15, 0.2) is 0 Å². The van der Waals surface area contributed by atoms with E-state index < -0.39 is 12.0 Å². The first-order chi connectivity index (χ1) is 10.1. The number of thiazole rings is 1. The van der Waals surface area contributed by atoms with E-state index in [1.54, 1.807) is 24.4 Å². The second-order valence-corrected chi connectivity index (χ2v) is 6.19. The van der Waals surface area contributed by atoms with Crippen molar-refractivity contribution >= 4 is 17.3 Å². The highest BCUT2D eigenvalue weighted by Gasteiger charge is 2.30. The van der Waals surface area contributed by atoms with Crippen LogP contribution in [0.1, 0.15) is 17.7 Å². The second kappa shape index (κ2) is 5.91. The molecule has 4 nitrogen and oxygen atoms in total. The van der Waals surface area contributed by atoms with Crippen molar-refractivity contribution in [1.29, 1.82) is 0 Å². The first-order valence-electron chi connectivity index (χ1n) is 6.81. The second-order valence-electron chi connectivity index (χ2n) is 5.08. The SMILES string of the molecule is O=C(O)[C@@H]1CCCN1Cc1cnc(-c2ccccc2F)s1. The maximum Gasteiger partial charge on any atom is 0.320 e. The van der Waals surface area contributed by atoms with Gasteiger partial charge in [-0.05, 0) is 31.5 Å². The van der Waals surface area contributed by atoms with Crippen LogP contribution in [0.4, 0.5) is 4.39 Å². The maximum absolute atomic E-state index is 13.7. The highest BCUT2D eigenvalue weighted by atomic mass is 32.1. The number of halogens is 1. The molecule has 0 amide bonds. The zero-order valence-corrected chi connectivity index (χ0v) is 12.1. The predicted octanol–water partition coefficient (Wildman–Crippen LogP) is 3.00. The summed E-state index contributed by atoms with van der Waals surface area (Å²) in [6, 6.07) is 6.13. The summed E-state index contributed by atoms with van der Waals surface area (Å²) < 4.78 is 13.7. The van der Waals surface area contributed by atoms with Crippen molar-refractivity contribution in [2.45, 2.75) is 25.4 Å². The van der Waals surface area contributed by atoms with E-state index in [1.165, 1.54) is 17.4 Å². The molecule has 1 aromatic heterocycles. The Morgan fingerprint density at radius 2 is 2.29 bits per heavy atom. The van der Waals surface area contributed by atoms with Crippen LogP contribution >= 0.6 is 11.3 Å². The Balaban J connectivity index is 1.77. The summed E-state index contributed by atoms with van der Waals surface area (Å²) in [6.07, 6.45) is 3.30.